The van der Waals surface area contributed by atoms with Crippen molar-refractivity contribution in [2.45, 2.75) is 26.7 Å². The molecule has 2 aromatic rings. The first-order valence-electron chi connectivity index (χ1n) is 7.32. The van der Waals surface area contributed by atoms with Gasteiger partial charge < -0.3 is 10.6 Å². The van der Waals surface area contributed by atoms with Gasteiger partial charge in [0.25, 0.3) is 0 Å². The number of hydrogen-bond acceptors (Lipinski definition) is 2. The van der Waals surface area contributed by atoms with E-state index in [0.29, 0.717) is 17.8 Å². The number of nitrogens with one attached hydrogen (secondary N) is 2. The number of benzene rings is 2. The third kappa shape index (κ3) is 4.74. The lowest BCUT2D eigenvalue weighted by Crippen LogP contribution is -2.14. The van der Waals surface area contributed by atoms with Crippen LogP contribution in [-0.4, -0.2) is 11.8 Å². The Kier molecular flexibility index (Phi) is 5.31. The third-order valence-corrected chi connectivity index (χ3v) is 3.26. The second kappa shape index (κ2) is 7.41. The average molecular weight is 296 g/mol. The molecule has 4 nitrogen and oxygen atoms in total. The molecule has 22 heavy (non-hydrogen) atoms. The molecule has 0 heterocycles. The summed E-state index contributed by atoms with van der Waals surface area (Å²) in [5.74, 6) is -0.219. The molecule has 0 aliphatic rings. The minimum atomic E-state index is -0.139. The van der Waals surface area contributed by atoms with Crippen LogP contribution in [0, 0.1) is 0 Å². The van der Waals surface area contributed by atoms with Gasteiger partial charge in [-0.25, -0.2) is 0 Å². The summed E-state index contributed by atoms with van der Waals surface area (Å²) in [5.41, 5.74) is 3.57. The lowest BCUT2D eigenvalue weighted by Gasteiger charge is -2.08. The predicted molar refractivity (Wildman–Crippen MR) is 88.9 cm³/mol. The van der Waals surface area contributed by atoms with Crippen LogP contribution in [0.4, 0.5) is 11.4 Å². The topological polar surface area (TPSA) is 58.2 Å². The Balaban J connectivity index is 1.97. The van der Waals surface area contributed by atoms with Gasteiger partial charge in [-0.15, -0.1) is 0 Å². The van der Waals surface area contributed by atoms with Gasteiger partial charge in [-0.3, -0.25) is 9.59 Å². The Morgan fingerprint density at radius 1 is 0.909 bits per heavy atom. The van der Waals surface area contributed by atoms with Crippen molar-refractivity contribution in [2.24, 2.45) is 0 Å². The van der Waals surface area contributed by atoms with Gasteiger partial charge in [-0.1, -0.05) is 37.3 Å². The molecule has 0 spiro atoms. The van der Waals surface area contributed by atoms with Crippen molar-refractivity contribution < 1.29 is 9.59 Å². The van der Waals surface area contributed by atoms with E-state index in [-0.39, 0.29) is 11.8 Å². The van der Waals surface area contributed by atoms with Crippen LogP contribution in [0.5, 0.6) is 0 Å². The Morgan fingerprint density at radius 3 is 2.09 bits per heavy atom. The minimum absolute atomic E-state index is 0.0794. The molecule has 4 heteroatoms. The first kappa shape index (κ1) is 15.8. The maximum atomic E-state index is 12.1. The molecule has 2 aromatic carbocycles. The lowest BCUT2D eigenvalue weighted by atomic mass is 10.1. The van der Waals surface area contributed by atoms with Gasteiger partial charge in [-0.05, 0) is 35.7 Å². The Bertz CT molecular complexity index is 663. The van der Waals surface area contributed by atoms with Gasteiger partial charge in [0, 0.05) is 18.3 Å². The van der Waals surface area contributed by atoms with Crippen LogP contribution in [0.25, 0.3) is 0 Å². The molecule has 2 amide bonds. The van der Waals surface area contributed by atoms with Crippen LogP contribution >= 0.6 is 0 Å². The number of amides is 2. The minimum Gasteiger partial charge on any atom is -0.326 e. The van der Waals surface area contributed by atoms with Gasteiger partial charge in [-0.2, -0.15) is 0 Å². The van der Waals surface area contributed by atoms with E-state index in [1.165, 1.54) is 12.5 Å². The maximum absolute atomic E-state index is 12.1. The third-order valence-electron chi connectivity index (χ3n) is 3.26. The fourth-order valence-electron chi connectivity index (χ4n) is 2.16. The molecule has 0 atom stereocenters. The summed E-state index contributed by atoms with van der Waals surface area (Å²) in [4.78, 5) is 23.1. The molecule has 0 fully saturated rings. The zero-order valence-corrected chi connectivity index (χ0v) is 12.8. The molecule has 0 radical (unpaired) electrons. The highest BCUT2D eigenvalue weighted by atomic mass is 16.2. The smallest absolute Gasteiger partial charge is 0.228 e. The highest BCUT2D eigenvalue weighted by molar-refractivity contribution is 5.94. The number of aryl methyl sites for hydroxylation is 1. The van der Waals surface area contributed by atoms with Gasteiger partial charge >= 0.3 is 0 Å². The van der Waals surface area contributed by atoms with Crippen LogP contribution in [-0.2, 0) is 22.4 Å². The van der Waals surface area contributed by atoms with Crippen molar-refractivity contribution in [1.29, 1.82) is 0 Å². The van der Waals surface area contributed by atoms with Crippen molar-refractivity contribution in [3.8, 4) is 0 Å². The van der Waals surface area contributed by atoms with Crippen LogP contribution in [0.15, 0.2) is 48.5 Å². The van der Waals surface area contributed by atoms with Crippen molar-refractivity contribution in [1.82, 2.24) is 0 Å². The van der Waals surface area contributed by atoms with E-state index in [1.807, 2.05) is 24.3 Å². The highest BCUT2D eigenvalue weighted by Crippen LogP contribution is 2.15. The summed E-state index contributed by atoms with van der Waals surface area (Å²) in [6, 6.07) is 15.1. The normalized spacial score (nSPS) is 10.1. The van der Waals surface area contributed by atoms with Crippen LogP contribution < -0.4 is 10.6 Å². The monoisotopic (exact) mass is 296 g/mol. The molecule has 0 saturated carbocycles. The number of rotatable bonds is 5. The summed E-state index contributed by atoms with van der Waals surface area (Å²) in [5, 5.41) is 5.53. The molecular formula is C18H20N2O2. The second-order valence-corrected chi connectivity index (χ2v) is 5.16. The van der Waals surface area contributed by atoms with E-state index < -0.39 is 0 Å². The maximum Gasteiger partial charge on any atom is 0.228 e. The van der Waals surface area contributed by atoms with Crippen LogP contribution in [0.2, 0.25) is 0 Å². The fraction of sp³-hybridized carbons (Fsp3) is 0.222. The molecule has 0 aliphatic carbocycles. The molecular weight excluding hydrogens is 276 g/mol. The zero-order chi connectivity index (χ0) is 15.9. The Labute approximate surface area is 130 Å². The van der Waals surface area contributed by atoms with Gasteiger partial charge in [0.15, 0.2) is 0 Å². The van der Waals surface area contributed by atoms with E-state index in [9.17, 15) is 9.59 Å². The highest BCUT2D eigenvalue weighted by Gasteiger charge is 2.05. The van der Waals surface area contributed by atoms with E-state index in [2.05, 4.69) is 17.6 Å². The SMILES string of the molecule is CCc1ccc(CC(=O)Nc2cccc(NC(C)=O)c2)cc1. The van der Waals surface area contributed by atoms with E-state index >= 15 is 0 Å². The molecule has 0 aliphatic heterocycles. The summed E-state index contributed by atoms with van der Waals surface area (Å²) < 4.78 is 0. The first-order valence-corrected chi connectivity index (χ1v) is 7.32. The largest absolute Gasteiger partial charge is 0.326 e. The summed E-state index contributed by atoms with van der Waals surface area (Å²) in [6.45, 7) is 3.55. The molecule has 2 rings (SSSR count). The van der Waals surface area contributed by atoms with Gasteiger partial charge in [0.1, 0.15) is 0 Å². The summed E-state index contributed by atoms with van der Waals surface area (Å²) in [7, 11) is 0. The Hall–Kier alpha value is -2.62. The standard InChI is InChI=1S/C18H20N2O2/c1-3-14-7-9-15(10-8-14)11-18(22)20-17-6-4-5-16(12-17)19-13(2)21/h4-10,12H,3,11H2,1-2H3,(H,19,21)(H,20,22). The molecule has 0 bridgehead atoms. The predicted octanol–water partition coefficient (Wildman–Crippen LogP) is 3.39. The van der Waals surface area contributed by atoms with Crippen molar-refractivity contribution in [3.05, 3.63) is 59.7 Å². The Morgan fingerprint density at radius 2 is 1.50 bits per heavy atom. The van der Waals surface area contributed by atoms with Crippen molar-refractivity contribution in [3.63, 3.8) is 0 Å². The van der Waals surface area contributed by atoms with E-state index in [1.54, 1.807) is 24.3 Å². The number of carbonyl (C=O) groups excluding carboxylic acids is 2. The average Bonchev–Trinajstić information content (AvgIpc) is 2.47. The zero-order valence-electron chi connectivity index (χ0n) is 12.8. The van der Waals surface area contributed by atoms with Gasteiger partial charge in [0.2, 0.25) is 11.8 Å². The molecule has 0 unspecified atom stereocenters. The summed E-state index contributed by atoms with van der Waals surface area (Å²) >= 11 is 0. The van der Waals surface area contributed by atoms with E-state index in [4.69, 9.17) is 0 Å². The van der Waals surface area contributed by atoms with Crippen molar-refractivity contribution >= 4 is 23.2 Å². The fourth-order valence-corrected chi connectivity index (χ4v) is 2.16. The second-order valence-electron chi connectivity index (χ2n) is 5.16. The molecule has 2 N–H and O–H groups in total. The van der Waals surface area contributed by atoms with Gasteiger partial charge in [0.05, 0.1) is 6.42 Å². The van der Waals surface area contributed by atoms with E-state index in [0.717, 1.165) is 12.0 Å². The van der Waals surface area contributed by atoms with Crippen molar-refractivity contribution in [2.75, 3.05) is 10.6 Å². The molecule has 0 saturated heterocycles. The quantitative estimate of drug-likeness (QED) is 0.888. The molecule has 0 aromatic heterocycles. The number of hydrogen-bond donors (Lipinski definition) is 2. The number of anilines is 2. The summed E-state index contributed by atoms with van der Waals surface area (Å²) in [6.07, 6.45) is 1.32. The number of carbonyl (C=O) groups is 2. The van der Waals surface area contributed by atoms with Crippen LogP contribution in [0.3, 0.4) is 0 Å². The molecule has 114 valence electrons. The van der Waals surface area contributed by atoms with Crippen LogP contribution in [0.1, 0.15) is 25.0 Å². The first-order chi connectivity index (χ1) is 10.6. The lowest BCUT2D eigenvalue weighted by molar-refractivity contribution is -0.115.